The van der Waals surface area contributed by atoms with Gasteiger partial charge in [-0.3, -0.25) is 4.90 Å². The van der Waals surface area contributed by atoms with Crippen LogP contribution in [0.3, 0.4) is 0 Å². The SMILES string of the molecule is CCCC[C@H](c1cc(Cl)cc(C(F)(F)F)c1)N1CCNCC1. The summed E-state index contributed by atoms with van der Waals surface area (Å²) in [4.78, 5) is 2.26. The highest BCUT2D eigenvalue weighted by Gasteiger charge is 2.32. The van der Waals surface area contributed by atoms with Crippen LogP contribution in [-0.4, -0.2) is 31.1 Å². The summed E-state index contributed by atoms with van der Waals surface area (Å²) in [6.45, 7) is 5.53. The minimum atomic E-state index is -4.36. The van der Waals surface area contributed by atoms with Gasteiger partial charge < -0.3 is 5.32 Å². The van der Waals surface area contributed by atoms with Gasteiger partial charge in [-0.05, 0) is 30.2 Å². The Balaban J connectivity index is 2.31. The molecule has 0 unspecified atom stereocenters. The molecule has 1 atom stereocenters. The number of benzene rings is 1. The lowest BCUT2D eigenvalue weighted by Crippen LogP contribution is -2.45. The Hall–Kier alpha value is -0.780. The van der Waals surface area contributed by atoms with E-state index in [-0.39, 0.29) is 11.1 Å². The van der Waals surface area contributed by atoms with Crippen molar-refractivity contribution < 1.29 is 13.2 Å². The standard InChI is InChI=1S/C16H22ClF3N2/c1-2-3-4-15(22-7-5-21-6-8-22)12-9-13(16(18,19)20)11-14(17)10-12/h9-11,15,21H,2-8H2,1H3/t15-/m1/s1. The molecule has 0 aliphatic carbocycles. The normalized spacial score (nSPS) is 18.4. The predicted molar refractivity (Wildman–Crippen MR) is 83.2 cm³/mol. The molecule has 0 amide bonds. The number of rotatable bonds is 5. The highest BCUT2D eigenvalue weighted by atomic mass is 35.5. The number of nitrogens with one attached hydrogen (secondary N) is 1. The van der Waals surface area contributed by atoms with Crippen molar-refractivity contribution in [1.82, 2.24) is 10.2 Å². The van der Waals surface area contributed by atoms with Crippen molar-refractivity contribution in [3.05, 3.63) is 34.3 Å². The third-order valence-corrected chi connectivity index (χ3v) is 4.27. The zero-order chi connectivity index (χ0) is 16.2. The number of unbranched alkanes of at least 4 members (excludes halogenated alkanes) is 1. The van der Waals surface area contributed by atoms with E-state index < -0.39 is 11.7 Å². The molecule has 0 spiro atoms. The molecule has 1 saturated heterocycles. The summed E-state index contributed by atoms with van der Waals surface area (Å²) in [7, 11) is 0. The fraction of sp³-hybridized carbons (Fsp3) is 0.625. The Kier molecular flexibility index (Phi) is 6.12. The minimum absolute atomic E-state index is 0.00171. The highest BCUT2D eigenvalue weighted by molar-refractivity contribution is 6.30. The van der Waals surface area contributed by atoms with Crippen molar-refractivity contribution in [3.8, 4) is 0 Å². The Morgan fingerprint density at radius 3 is 2.50 bits per heavy atom. The second-order valence-electron chi connectivity index (χ2n) is 5.71. The molecular weight excluding hydrogens is 313 g/mol. The Morgan fingerprint density at radius 2 is 1.91 bits per heavy atom. The molecule has 0 radical (unpaired) electrons. The average molecular weight is 335 g/mol. The maximum atomic E-state index is 13.0. The van der Waals surface area contributed by atoms with Crippen molar-refractivity contribution in [2.75, 3.05) is 26.2 Å². The molecule has 0 bridgehead atoms. The average Bonchev–Trinajstić information content (AvgIpc) is 2.47. The van der Waals surface area contributed by atoms with Crippen LogP contribution in [0.25, 0.3) is 0 Å². The van der Waals surface area contributed by atoms with Crippen LogP contribution < -0.4 is 5.32 Å². The number of nitrogens with zero attached hydrogens (tertiary/aromatic N) is 1. The number of hydrogen-bond acceptors (Lipinski definition) is 2. The first-order valence-electron chi connectivity index (χ1n) is 7.74. The van der Waals surface area contributed by atoms with E-state index in [9.17, 15) is 13.2 Å². The van der Waals surface area contributed by atoms with E-state index in [0.29, 0.717) is 5.56 Å². The molecular formula is C16H22ClF3N2. The molecule has 0 saturated carbocycles. The molecule has 1 fully saturated rings. The number of alkyl halides is 3. The third kappa shape index (κ3) is 4.61. The van der Waals surface area contributed by atoms with E-state index in [1.165, 1.54) is 6.07 Å². The second-order valence-corrected chi connectivity index (χ2v) is 6.15. The molecule has 1 aliphatic rings. The predicted octanol–water partition coefficient (Wildman–Crippen LogP) is 4.50. The van der Waals surface area contributed by atoms with E-state index in [1.807, 2.05) is 0 Å². The molecule has 1 N–H and O–H groups in total. The summed E-state index contributed by atoms with van der Waals surface area (Å²) in [5, 5.41) is 3.43. The van der Waals surface area contributed by atoms with E-state index >= 15 is 0 Å². The lowest BCUT2D eigenvalue weighted by molar-refractivity contribution is -0.137. The van der Waals surface area contributed by atoms with Crippen LogP contribution in [0.2, 0.25) is 5.02 Å². The number of halogens is 4. The van der Waals surface area contributed by atoms with E-state index in [1.54, 1.807) is 6.07 Å². The van der Waals surface area contributed by atoms with Crippen LogP contribution in [0, 0.1) is 0 Å². The van der Waals surface area contributed by atoms with Gasteiger partial charge in [0, 0.05) is 37.2 Å². The molecule has 1 heterocycles. The van der Waals surface area contributed by atoms with Crippen molar-refractivity contribution >= 4 is 11.6 Å². The van der Waals surface area contributed by atoms with Gasteiger partial charge >= 0.3 is 6.18 Å². The molecule has 1 aliphatic heterocycles. The Morgan fingerprint density at radius 1 is 1.23 bits per heavy atom. The summed E-state index contributed by atoms with van der Waals surface area (Å²) in [5.74, 6) is 0. The zero-order valence-corrected chi connectivity index (χ0v) is 13.5. The molecule has 2 rings (SSSR count). The Bertz CT molecular complexity index is 485. The van der Waals surface area contributed by atoms with Crippen LogP contribution in [0.1, 0.15) is 43.4 Å². The van der Waals surface area contributed by atoms with E-state index in [0.717, 1.165) is 51.5 Å². The van der Waals surface area contributed by atoms with Crippen LogP contribution >= 0.6 is 11.6 Å². The summed E-state index contributed by atoms with van der Waals surface area (Å²) in [6, 6.07) is 3.94. The summed E-state index contributed by atoms with van der Waals surface area (Å²) in [5.41, 5.74) is 0.0156. The van der Waals surface area contributed by atoms with Crippen molar-refractivity contribution in [2.24, 2.45) is 0 Å². The van der Waals surface area contributed by atoms with Crippen LogP contribution in [-0.2, 0) is 6.18 Å². The van der Waals surface area contributed by atoms with E-state index in [2.05, 4.69) is 17.1 Å². The second kappa shape index (κ2) is 7.66. The number of hydrogen-bond donors (Lipinski definition) is 1. The Labute approximate surface area is 134 Å². The van der Waals surface area contributed by atoms with Gasteiger partial charge in [0.1, 0.15) is 0 Å². The minimum Gasteiger partial charge on any atom is -0.314 e. The summed E-state index contributed by atoms with van der Waals surface area (Å²) < 4.78 is 39.1. The monoisotopic (exact) mass is 334 g/mol. The molecule has 2 nitrogen and oxygen atoms in total. The van der Waals surface area contributed by atoms with E-state index in [4.69, 9.17) is 11.6 Å². The first kappa shape index (κ1) is 17.6. The highest BCUT2D eigenvalue weighted by Crippen LogP contribution is 2.36. The molecule has 22 heavy (non-hydrogen) atoms. The first-order valence-corrected chi connectivity index (χ1v) is 8.12. The van der Waals surface area contributed by atoms with Crippen LogP contribution in [0.4, 0.5) is 13.2 Å². The topological polar surface area (TPSA) is 15.3 Å². The quantitative estimate of drug-likeness (QED) is 0.853. The fourth-order valence-corrected chi connectivity index (χ4v) is 3.16. The fourth-order valence-electron chi connectivity index (χ4n) is 2.92. The van der Waals surface area contributed by atoms with Gasteiger partial charge in [0.2, 0.25) is 0 Å². The van der Waals surface area contributed by atoms with Gasteiger partial charge in [-0.25, -0.2) is 0 Å². The van der Waals surface area contributed by atoms with Gasteiger partial charge in [-0.1, -0.05) is 31.4 Å². The molecule has 6 heteroatoms. The molecule has 1 aromatic rings. The lowest BCUT2D eigenvalue weighted by Gasteiger charge is -2.35. The van der Waals surface area contributed by atoms with Crippen molar-refractivity contribution in [1.29, 1.82) is 0 Å². The molecule has 1 aromatic carbocycles. The maximum absolute atomic E-state index is 13.0. The van der Waals surface area contributed by atoms with Gasteiger partial charge in [0.25, 0.3) is 0 Å². The van der Waals surface area contributed by atoms with Crippen LogP contribution in [0.5, 0.6) is 0 Å². The van der Waals surface area contributed by atoms with Crippen molar-refractivity contribution in [2.45, 2.75) is 38.4 Å². The first-order chi connectivity index (χ1) is 10.4. The largest absolute Gasteiger partial charge is 0.416 e. The summed E-state index contributed by atoms with van der Waals surface area (Å²) in [6.07, 6.45) is -1.50. The van der Waals surface area contributed by atoms with Gasteiger partial charge in [0.05, 0.1) is 5.56 Å². The molecule has 0 aromatic heterocycles. The van der Waals surface area contributed by atoms with Gasteiger partial charge in [-0.15, -0.1) is 0 Å². The van der Waals surface area contributed by atoms with Gasteiger partial charge in [-0.2, -0.15) is 13.2 Å². The lowest BCUT2D eigenvalue weighted by atomic mass is 9.97. The zero-order valence-electron chi connectivity index (χ0n) is 12.7. The smallest absolute Gasteiger partial charge is 0.314 e. The third-order valence-electron chi connectivity index (χ3n) is 4.06. The van der Waals surface area contributed by atoms with Gasteiger partial charge in [0.15, 0.2) is 0 Å². The van der Waals surface area contributed by atoms with Crippen LogP contribution in [0.15, 0.2) is 18.2 Å². The van der Waals surface area contributed by atoms with Crippen molar-refractivity contribution in [3.63, 3.8) is 0 Å². The molecule has 124 valence electrons. The maximum Gasteiger partial charge on any atom is 0.416 e. The summed E-state index contributed by atoms with van der Waals surface area (Å²) >= 11 is 5.94. The number of piperazine rings is 1.